The minimum Gasteiger partial charge on any atom is -0.480 e. The van der Waals surface area contributed by atoms with E-state index in [1.54, 1.807) is 0 Å². The fourth-order valence-corrected chi connectivity index (χ4v) is 3.78. The van der Waals surface area contributed by atoms with E-state index < -0.39 is 17.9 Å². The number of hydrogen-bond donors (Lipinski definition) is 2. The molecule has 4 heteroatoms. The Kier molecular flexibility index (Phi) is 3.96. The van der Waals surface area contributed by atoms with Crippen molar-refractivity contribution in [2.75, 3.05) is 0 Å². The van der Waals surface area contributed by atoms with E-state index in [4.69, 9.17) is 0 Å². The average molecular weight is 379 g/mol. The van der Waals surface area contributed by atoms with Crippen LogP contribution in [0, 0.1) is 0 Å². The van der Waals surface area contributed by atoms with Gasteiger partial charge < -0.3 is 10.4 Å². The molecule has 140 valence electrons. The van der Waals surface area contributed by atoms with E-state index in [9.17, 15) is 14.7 Å². The molecular formula is C25H17NO3. The molecular weight excluding hydrogens is 362 g/mol. The lowest BCUT2D eigenvalue weighted by Gasteiger charge is -2.26. The van der Waals surface area contributed by atoms with Gasteiger partial charge in [0, 0.05) is 26.8 Å². The topological polar surface area (TPSA) is 66.4 Å². The van der Waals surface area contributed by atoms with Crippen LogP contribution in [0.1, 0.15) is 22.6 Å². The Morgan fingerprint density at radius 3 is 2.17 bits per heavy atom. The van der Waals surface area contributed by atoms with Crippen LogP contribution in [0.5, 0.6) is 0 Å². The number of rotatable bonds is 7. The van der Waals surface area contributed by atoms with Gasteiger partial charge in [-0.2, -0.15) is 0 Å². The monoisotopic (exact) mass is 379 g/mol. The van der Waals surface area contributed by atoms with Crippen molar-refractivity contribution in [2.45, 2.75) is 18.4 Å². The third-order valence-electron chi connectivity index (χ3n) is 5.34. The summed E-state index contributed by atoms with van der Waals surface area (Å²) in [7, 11) is 0. The maximum absolute atomic E-state index is 12.7. The van der Waals surface area contributed by atoms with E-state index in [1.807, 2.05) is 66.7 Å². The van der Waals surface area contributed by atoms with Gasteiger partial charge >= 0.3 is 5.97 Å². The molecule has 3 aromatic carbocycles. The number of aliphatic carboxylic acids is 1. The molecule has 0 bridgehead atoms. The first-order valence-electron chi connectivity index (χ1n) is 9.46. The second-order valence-corrected chi connectivity index (χ2v) is 7.38. The molecule has 29 heavy (non-hydrogen) atoms. The zero-order valence-electron chi connectivity index (χ0n) is 15.5. The predicted molar refractivity (Wildman–Crippen MR) is 108 cm³/mol. The van der Waals surface area contributed by atoms with Gasteiger partial charge in [0.1, 0.15) is 6.04 Å². The first kappa shape index (κ1) is 17.3. The van der Waals surface area contributed by atoms with Crippen LogP contribution < -0.4 is 26.2 Å². The van der Waals surface area contributed by atoms with Crippen LogP contribution in [0.2, 0.25) is 0 Å². The van der Waals surface area contributed by atoms with Gasteiger partial charge in [0.15, 0.2) is 0 Å². The number of carboxylic acids is 1. The number of nitrogens with one attached hydrogen (secondary N) is 1. The average Bonchev–Trinajstić information content (AvgIpc) is 3.62. The van der Waals surface area contributed by atoms with E-state index >= 15 is 0 Å². The number of fused-ring (bicyclic) bond motifs is 2. The quantitative estimate of drug-likeness (QED) is 0.410. The van der Waals surface area contributed by atoms with Crippen molar-refractivity contribution in [1.29, 1.82) is 0 Å². The highest BCUT2D eigenvalue weighted by Gasteiger charge is 2.32. The molecule has 0 spiro atoms. The van der Waals surface area contributed by atoms with Gasteiger partial charge in [-0.25, -0.2) is 4.79 Å². The van der Waals surface area contributed by atoms with E-state index in [0.29, 0.717) is 0 Å². The van der Waals surface area contributed by atoms with Crippen LogP contribution in [-0.2, 0) is 16.0 Å². The van der Waals surface area contributed by atoms with Gasteiger partial charge in [-0.1, -0.05) is 42.5 Å². The number of amides is 1. The number of benzene rings is 3. The zero-order valence-corrected chi connectivity index (χ0v) is 15.5. The van der Waals surface area contributed by atoms with Crippen LogP contribution >= 0.6 is 0 Å². The van der Waals surface area contributed by atoms with Crippen LogP contribution in [0.3, 0.4) is 0 Å². The summed E-state index contributed by atoms with van der Waals surface area (Å²) >= 11 is 0. The van der Waals surface area contributed by atoms with Crippen molar-refractivity contribution in [2.24, 2.45) is 0 Å². The predicted octanol–water partition coefficient (Wildman–Crippen LogP) is -0.240. The molecule has 0 saturated heterocycles. The molecule has 2 aliphatic carbocycles. The number of carbonyl (C=O) groups excluding carboxylic acids is 1. The van der Waals surface area contributed by atoms with Crippen molar-refractivity contribution in [3.63, 3.8) is 0 Å². The third kappa shape index (κ3) is 3.51. The fraction of sp³-hybridized carbons (Fsp3) is 0.120. The van der Waals surface area contributed by atoms with Crippen molar-refractivity contribution >= 4 is 23.3 Å². The Balaban J connectivity index is 1.45. The van der Waals surface area contributed by atoms with Crippen LogP contribution in [0.4, 0.5) is 0 Å². The lowest BCUT2D eigenvalue weighted by molar-refractivity contribution is -0.142. The second kappa shape index (κ2) is 6.65. The Bertz CT molecular complexity index is 1430. The lowest BCUT2D eigenvalue weighted by atomic mass is 9.85. The van der Waals surface area contributed by atoms with Gasteiger partial charge in [-0.05, 0) is 41.0 Å². The summed E-state index contributed by atoms with van der Waals surface area (Å²) < 4.78 is 0. The molecule has 2 aliphatic rings. The molecule has 0 aliphatic heterocycles. The Labute approximate surface area is 166 Å². The summed E-state index contributed by atoms with van der Waals surface area (Å²) in [6.45, 7) is 0. The summed E-state index contributed by atoms with van der Waals surface area (Å²) in [5.74, 6) is -1.88. The van der Waals surface area contributed by atoms with Crippen molar-refractivity contribution in [3.8, 4) is 0 Å². The van der Waals surface area contributed by atoms with Gasteiger partial charge in [0.05, 0.1) is 6.42 Å². The Hall–Kier alpha value is -3.84. The maximum atomic E-state index is 12.7. The normalized spacial score (nSPS) is 13.8. The molecule has 2 atom stereocenters. The fourth-order valence-electron chi connectivity index (χ4n) is 3.78. The van der Waals surface area contributed by atoms with Crippen LogP contribution in [-0.4, -0.2) is 23.0 Å². The molecule has 0 fully saturated rings. The van der Waals surface area contributed by atoms with Crippen molar-refractivity contribution in [3.05, 3.63) is 104 Å². The molecule has 4 nitrogen and oxygen atoms in total. The van der Waals surface area contributed by atoms with Gasteiger partial charge in [-0.3, -0.25) is 4.79 Å². The van der Waals surface area contributed by atoms with Gasteiger partial charge in [-0.15, -0.1) is 11.5 Å². The molecule has 0 radical (unpaired) electrons. The van der Waals surface area contributed by atoms with Gasteiger partial charge in [0.25, 0.3) is 0 Å². The lowest BCUT2D eigenvalue weighted by Crippen LogP contribution is -2.46. The second-order valence-electron chi connectivity index (χ2n) is 7.38. The highest BCUT2D eigenvalue weighted by molar-refractivity contribution is 5.86. The molecule has 5 rings (SSSR count). The Morgan fingerprint density at radius 1 is 0.828 bits per heavy atom. The molecule has 2 N–H and O–H groups in total. The first-order chi connectivity index (χ1) is 14.1. The number of hydrogen-bond acceptors (Lipinski definition) is 2. The van der Waals surface area contributed by atoms with Crippen molar-refractivity contribution < 1.29 is 14.7 Å². The molecule has 0 saturated carbocycles. The number of carbonyl (C=O) groups is 2. The number of carboxylic acid groups (broad SMARTS) is 1. The molecule has 0 aromatic heterocycles. The van der Waals surface area contributed by atoms with E-state index in [0.717, 1.165) is 37.6 Å². The van der Waals surface area contributed by atoms with Gasteiger partial charge in [0.2, 0.25) is 5.91 Å². The van der Waals surface area contributed by atoms with E-state index in [1.165, 1.54) is 0 Å². The zero-order chi connectivity index (χ0) is 20.0. The highest BCUT2D eigenvalue weighted by atomic mass is 16.4. The summed E-state index contributed by atoms with van der Waals surface area (Å²) in [5, 5.41) is 16.9. The highest BCUT2D eigenvalue weighted by Crippen LogP contribution is 2.27. The summed E-state index contributed by atoms with van der Waals surface area (Å²) in [6, 6.07) is 19.9. The summed E-state index contributed by atoms with van der Waals surface area (Å²) in [4.78, 5) is 24.9. The molecule has 0 heterocycles. The van der Waals surface area contributed by atoms with Crippen molar-refractivity contribution in [1.82, 2.24) is 5.32 Å². The molecule has 2 unspecified atom stereocenters. The SMILES string of the molecule is O=C(Cc1ccc2c(c1)=C=2)NC(C(=O)O)C(c1ccccc1)c1ccc2c(c1)=C=2. The molecule has 3 aromatic rings. The van der Waals surface area contributed by atoms with E-state index in [-0.39, 0.29) is 12.3 Å². The summed E-state index contributed by atoms with van der Waals surface area (Å²) in [5.41, 5.74) is 8.79. The third-order valence-corrected chi connectivity index (χ3v) is 5.34. The molecule has 1 amide bonds. The standard InChI is InChI=1S/C25H17NO3/c27-22(11-15-6-7-17-12-20(17)10-15)26-24(25(28)29)23(16-4-2-1-3-5-16)19-9-8-18-13-21(18)14-19/h1-10,14,23-24H,11H2,(H,26,27)(H,28,29). The van der Waals surface area contributed by atoms with Crippen LogP contribution in [0.25, 0.3) is 11.5 Å². The van der Waals surface area contributed by atoms with Crippen LogP contribution in [0.15, 0.2) is 66.7 Å². The van der Waals surface area contributed by atoms with E-state index in [2.05, 4.69) is 16.8 Å². The maximum Gasteiger partial charge on any atom is 0.327 e. The minimum atomic E-state index is -1.08. The first-order valence-corrected chi connectivity index (χ1v) is 9.46. The minimum absolute atomic E-state index is 0.131. The largest absolute Gasteiger partial charge is 0.480 e. The Morgan fingerprint density at radius 2 is 1.52 bits per heavy atom. The summed E-state index contributed by atoms with van der Waals surface area (Å²) in [6.07, 6.45) is 0.131. The smallest absolute Gasteiger partial charge is 0.327 e.